The molecule has 2 heterocycles. The van der Waals surface area contributed by atoms with E-state index in [0.717, 1.165) is 13.1 Å². The van der Waals surface area contributed by atoms with Gasteiger partial charge in [-0.25, -0.2) is 0 Å². The highest BCUT2D eigenvalue weighted by Crippen LogP contribution is 2.36. The van der Waals surface area contributed by atoms with Gasteiger partial charge in [0.1, 0.15) is 5.56 Å². The monoisotopic (exact) mass is 461 g/mol. The van der Waals surface area contributed by atoms with Crippen LogP contribution in [-0.4, -0.2) is 58.3 Å². The molecular weight excluding hydrogens is 426 g/mol. The summed E-state index contributed by atoms with van der Waals surface area (Å²) in [7, 11) is 0. The molecule has 5 rings (SSSR count). The van der Waals surface area contributed by atoms with Gasteiger partial charge in [0.15, 0.2) is 5.78 Å². The van der Waals surface area contributed by atoms with Crippen LogP contribution < -0.4 is 5.56 Å². The van der Waals surface area contributed by atoms with Crippen molar-refractivity contribution >= 4 is 11.7 Å². The molecule has 0 atom stereocenters. The molecule has 1 saturated heterocycles. The normalized spacial score (nSPS) is 21.4. The summed E-state index contributed by atoms with van der Waals surface area (Å²) in [6, 6.07) is 9.91. The predicted octanol–water partition coefficient (Wildman–Crippen LogP) is 4.08. The van der Waals surface area contributed by atoms with Crippen LogP contribution in [0.15, 0.2) is 41.3 Å². The molecule has 6 nitrogen and oxygen atoms in total. The minimum atomic E-state index is -0.324. The van der Waals surface area contributed by atoms with Crippen LogP contribution >= 0.6 is 0 Å². The van der Waals surface area contributed by atoms with Gasteiger partial charge >= 0.3 is 0 Å². The van der Waals surface area contributed by atoms with Gasteiger partial charge in [0.25, 0.3) is 11.5 Å². The SMILES string of the molecule is CC1(C)CC(=O)c2cn(-c3ccccc3)c(=O)c(C(=O)N3CCN(C4CCCCC4)CC3)c2C1. The standard InChI is InChI=1S/C28H35N3O3/c1-28(2)17-22-23(24(32)18-28)19-31(21-11-7-4-8-12-21)27(34)25(22)26(33)30-15-13-29(14-16-30)20-9-5-3-6-10-20/h4,7-8,11-12,19-20H,3,5-6,9-10,13-18H2,1-2H3. The van der Waals surface area contributed by atoms with Gasteiger partial charge in [0.05, 0.1) is 0 Å². The number of hydrogen-bond acceptors (Lipinski definition) is 4. The van der Waals surface area contributed by atoms with E-state index in [1.807, 2.05) is 49.1 Å². The average Bonchev–Trinajstić information content (AvgIpc) is 2.84. The summed E-state index contributed by atoms with van der Waals surface area (Å²) in [6.45, 7) is 7.02. The van der Waals surface area contributed by atoms with Crippen molar-refractivity contribution in [1.29, 1.82) is 0 Å². The number of pyridine rings is 1. The lowest BCUT2D eigenvalue weighted by atomic mass is 9.73. The second-order valence-electron chi connectivity index (χ2n) is 11.0. The van der Waals surface area contributed by atoms with Crippen LogP contribution in [0.25, 0.3) is 5.69 Å². The molecule has 1 saturated carbocycles. The van der Waals surface area contributed by atoms with Gasteiger partial charge in [-0.2, -0.15) is 0 Å². The number of benzene rings is 1. The summed E-state index contributed by atoms with van der Waals surface area (Å²) in [4.78, 5) is 45.1. The first-order valence-corrected chi connectivity index (χ1v) is 12.7. The van der Waals surface area contributed by atoms with Crippen molar-refractivity contribution in [3.8, 4) is 5.69 Å². The number of para-hydroxylation sites is 1. The number of nitrogens with zero attached hydrogens (tertiary/aromatic N) is 3. The maximum Gasteiger partial charge on any atom is 0.268 e. The Kier molecular flexibility index (Phi) is 6.19. The van der Waals surface area contributed by atoms with Crippen molar-refractivity contribution in [3.05, 3.63) is 63.6 Å². The van der Waals surface area contributed by atoms with Crippen LogP contribution in [0.1, 0.15) is 78.7 Å². The van der Waals surface area contributed by atoms with Gasteiger partial charge in [-0.3, -0.25) is 23.9 Å². The fraction of sp³-hybridized carbons (Fsp3) is 0.536. The number of ketones is 1. The number of carbonyl (C=O) groups excluding carboxylic acids is 2. The Hall–Kier alpha value is -2.73. The number of aromatic nitrogens is 1. The summed E-state index contributed by atoms with van der Waals surface area (Å²) in [5.74, 6) is -0.215. The number of amides is 1. The molecule has 180 valence electrons. The van der Waals surface area contributed by atoms with Crippen molar-refractivity contribution in [2.24, 2.45) is 5.41 Å². The smallest absolute Gasteiger partial charge is 0.268 e. The van der Waals surface area contributed by atoms with E-state index < -0.39 is 0 Å². The molecule has 34 heavy (non-hydrogen) atoms. The fourth-order valence-corrected chi connectivity index (χ4v) is 6.04. The van der Waals surface area contributed by atoms with Gasteiger partial charge < -0.3 is 4.90 Å². The Balaban J connectivity index is 1.50. The van der Waals surface area contributed by atoms with Crippen LogP contribution in [0, 0.1) is 5.41 Å². The summed E-state index contributed by atoms with van der Waals surface area (Å²) in [5, 5.41) is 0. The van der Waals surface area contributed by atoms with E-state index in [1.165, 1.54) is 36.7 Å². The van der Waals surface area contributed by atoms with E-state index >= 15 is 0 Å². The van der Waals surface area contributed by atoms with Gasteiger partial charge in [0.2, 0.25) is 0 Å². The molecule has 2 aliphatic carbocycles. The van der Waals surface area contributed by atoms with Crippen molar-refractivity contribution in [2.45, 2.75) is 64.8 Å². The zero-order valence-corrected chi connectivity index (χ0v) is 20.4. The molecule has 0 N–H and O–H groups in total. The Morgan fingerprint density at radius 2 is 1.59 bits per heavy atom. The summed E-state index contributed by atoms with van der Waals surface area (Å²) < 4.78 is 1.49. The van der Waals surface area contributed by atoms with Crippen molar-refractivity contribution in [3.63, 3.8) is 0 Å². The number of fused-ring (bicyclic) bond motifs is 1. The Morgan fingerprint density at radius 3 is 2.26 bits per heavy atom. The van der Waals surface area contributed by atoms with E-state index in [2.05, 4.69) is 4.90 Å². The van der Waals surface area contributed by atoms with Gasteiger partial charge in [-0.15, -0.1) is 0 Å². The fourth-order valence-electron chi connectivity index (χ4n) is 6.04. The number of Topliss-reactive ketones (excluding diaryl/α,β-unsaturated/α-hetero) is 1. The molecule has 1 amide bonds. The van der Waals surface area contributed by atoms with Gasteiger partial charge in [-0.05, 0) is 42.4 Å². The quantitative estimate of drug-likeness (QED) is 0.691. The predicted molar refractivity (Wildman–Crippen MR) is 133 cm³/mol. The zero-order valence-electron chi connectivity index (χ0n) is 20.4. The molecule has 1 aromatic heterocycles. The first kappa shape index (κ1) is 23.0. The number of piperazine rings is 1. The van der Waals surface area contributed by atoms with Crippen LogP contribution in [0.5, 0.6) is 0 Å². The zero-order chi connectivity index (χ0) is 23.9. The Morgan fingerprint density at radius 1 is 0.912 bits per heavy atom. The first-order valence-electron chi connectivity index (χ1n) is 12.7. The van der Waals surface area contributed by atoms with E-state index in [9.17, 15) is 14.4 Å². The van der Waals surface area contributed by atoms with E-state index in [4.69, 9.17) is 0 Å². The number of rotatable bonds is 3. The average molecular weight is 462 g/mol. The maximum absolute atomic E-state index is 13.9. The molecule has 0 unspecified atom stereocenters. The Labute approximate surface area is 201 Å². The lowest BCUT2D eigenvalue weighted by molar-refractivity contribution is 0.0519. The largest absolute Gasteiger partial charge is 0.336 e. The number of carbonyl (C=O) groups is 2. The molecule has 2 fully saturated rings. The summed E-state index contributed by atoms with van der Waals surface area (Å²) in [6.07, 6.45) is 9.05. The van der Waals surface area contributed by atoms with E-state index in [0.29, 0.717) is 48.8 Å². The van der Waals surface area contributed by atoms with Crippen molar-refractivity contribution in [1.82, 2.24) is 14.4 Å². The summed E-state index contributed by atoms with van der Waals surface area (Å²) >= 11 is 0. The van der Waals surface area contributed by atoms with Crippen LogP contribution in [-0.2, 0) is 6.42 Å². The van der Waals surface area contributed by atoms with Crippen LogP contribution in [0.4, 0.5) is 0 Å². The lowest BCUT2D eigenvalue weighted by Gasteiger charge is -2.41. The van der Waals surface area contributed by atoms with E-state index in [-0.39, 0.29) is 28.2 Å². The Bertz CT molecular complexity index is 1140. The molecule has 6 heteroatoms. The maximum atomic E-state index is 13.9. The second-order valence-corrected chi connectivity index (χ2v) is 11.0. The third kappa shape index (κ3) is 4.36. The molecule has 0 radical (unpaired) electrons. The van der Waals surface area contributed by atoms with Crippen LogP contribution in [0.2, 0.25) is 0 Å². The molecular formula is C28H35N3O3. The summed E-state index contributed by atoms with van der Waals surface area (Å²) in [5.41, 5.74) is 1.42. The lowest BCUT2D eigenvalue weighted by Crippen LogP contribution is -2.53. The second kappa shape index (κ2) is 9.14. The van der Waals surface area contributed by atoms with Gasteiger partial charge in [-0.1, -0.05) is 51.3 Å². The van der Waals surface area contributed by atoms with E-state index in [1.54, 1.807) is 6.20 Å². The molecule has 3 aliphatic rings. The molecule has 0 bridgehead atoms. The van der Waals surface area contributed by atoms with Crippen LogP contribution in [0.3, 0.4) is 0 Å². The molecule has 0 spiro atoms. The highest BCUT2D eigenvalue weighted by Gasteiger charge is 2.37. The first-order chi connectivity index (χ1) is 16.3. The molecule has 1 aliphatic heterocycles. The minimum Gasteiger partial charge on any atom is -0.336 e. The third-order valence-electron chi connectivity index (χ3n) is 7.85. The van der Waals surface area contributed by atoms with Crippen molar-refractivity contribution < 1.29 is 9.59 Å². The third-order valence-corrected chi connectivity index (χ3v) is 7.85. The van der Waals surface area contributed by atoms with Crippen molar-refractivity contribution in [2.75, 3.05) is 26.2 Å². The minimum absolute atomic E-state index is 0.00657. The number of hydrogen-bond donors (Lipinski definition) is 0. The van der Waals surface area contributed by atoms with Gasteiger partial charge in [0, 0.05) is 56.1 Å². The topological polar surface area (TPSA) is 62.6 Å². The highest BCUT2D eigenvalue weighted by molar-refractivity contribution is 6.04. The molecule has 2 aromatic rings. The highest BCUT2D eigenvalue weighted by atomic mass is 16.2. The molecule has 1 aromatic carbocycles.